The quantitative estimate of drug-likeness (QED) is 0.497. The molecule has 0 fully saturated rings. The van der Waals surface area contributed by atoms with Crippen LogP contribution in [0.3, 0.4) is 0 Å². The van der Waals surface area contributed by atoms with Crippen LogP contribution in [0.4, 0.5) is 11.4 Å². The molecule has 134 valence electrons. The molecular weight excluding hydrogens is 350 g/mol. The second kappa shape index (κ2) is 6.90. The molecule has 3 rings (SSSR count). The third-order valence-electron chi connectivity index (χ3n) is 4.04. The van der Waals surface area contributed by atoms with Crippen LogP contribution in [0.5, 0.6) is 0 Å². The molecule has 6 nitrogen and oxygen atoms in total. The van der Waals surface area contributed by atoms with Crippen molar-refractivity contribution in [2.75, 3.05) is 21.1 Å². The van der Waals surface area contributed by atoms with E-state index in [-0.39, 0.29) is 10.6 Å². The average molecular weight is 371 g/mol. The van der Waals surface area contributed by atoms with Crippen LogP contribution in [-0.2, 0) is 0 Å². The molecule has 0 amide bonds. The minimum absolute atomic E-state index is 0.132. The maximum atomic E-state index is 12.5. The number of hydrogen-bond acceptors (Lipinski definition) is 3. The van der Waals surface area contributed by atoms with Gasteiger partial charge in [0.25, 0.3) is 5.56 Å². The molecule has 0 atom stereocenters. The van der Waals surface area contributed by atoms with Crippen molar-refractivity contribution in [3.8, 4) is 5.69 Å². The molecular formula is C19H21ClN5O+. The van der Waals surface area contributed by atoms with Gasteiger partial charge in [0.1, 0.15) is 10.7 Å². The Morgan fingerprint density at radius 3 is 2.35 bits per heavy atom. The zero-order valence-electron chi connectivity index (χ0n) is 15.2. The SMILES string of the molecule is Cc1c(Cl)c(=O)n(-c2ccccc2)n1N=Nc1cccc([N+](C)(C)C)c1. The molecule has 0 saturated carbocycles. The van der Waals surface area contributed by atoms with Crippen LogP contribution in [0, 0.1) is 6.92 Å². The van der Waals surface area contributed by atoms with Gasteiger partial charge in [0.2, 0.25) is 0 Å². The molecule has 0 aliphatic carbocycles. The molecule has 3 aromatic rings. The highest BCUT2D eigenvalue weighted by atomic mass is 35.5. The summed E-state index contributed by atoms with van der Waals surface area (Å²) in [5.74, 6) is 0. The fourth-order valence-corrected chi connectivity index (χ4v) is 2.70. The van der Waals surface area contributed by atoms with Crippen molar-refractivity contribution in [1.29, 1.82) is 0 Å². The summed E-state index contributed by atoms with van der Waals surface area (Å²) in [6, 6.07) is 17.0. The fourth-order valence-electron chi connectivity index (χ4n) is 2.54. The van der Waals surface area contributed by atoms with Crippen LogP contribution < -0.4 is 10.0 Å². The van der Waals surface area contributed by atoms with Crippen LogP contribution in [0.25, 0.3) is 5.69 Å². The lowest BCUT2D eigenvalue weighted by atomic mass is 10.2. The van der Waals surface area contributed by atoms with E-state index < -0.39 is 0 Å². The van der Waals surface area contributed by atoms with E-state index in [2.05, 4.69) is 31.5 Å². The van der Waals surface area contributed by atoms with Gasteiger partial charge >= 0.3 is 0 Å². The molecule has 2 aromatic carbocycles. The van der Waals surface area contributed by atoms with Gasteiger partial charge in [-0.2, -0.15) is 4.68 Å². The number of halogens is 1. The predicted octanol–water partition coefficient (Wildman–Crippen LogP) is 4.34. The number of benzene rings is 2. The smallest absolute Gasteiger partial charge is 0.292 e. The number of hydrogen-bond donors (Lipinski definition) is 0. The molecule has 1 heterocycles. The van der Waals surface area contributed by atoms with Gasteiger partial charge in [0.05, 0.1) is 38.2 Å². The molecule has 26 heavy (non-hydrogen) atoms. The van der Waals surface area contributed by atoms with E-state index in [1.54, 1.807) is 6.92 Å². The van der Waals surface area contributed by atoms with E-state index in [1.165, 1.54) is 9.47 Å². The van der Waals surface area contributed by atoms with Gasteiger partial charge in [-0.15, -0.1) is 9.91 Å². The van der Waals surface area contributed by atoms with Crippen LogP contribution in [0.1, 0.15) is 5.69 Å². The third-order valence-corrected chi connectivity index (χ3v) is 4.47. The van der Waals surface area contributed by atoms with Gasteiger partial charge in [0, 0.05) is 6.07 Å². The van der Waals surface area contributed by atoms with Crippen LogP contribution in [0.2, 0.25) is 5.02 Å². The Balaban J connectivity index is 2.08. The molecule has 1 aromatic heterocycles. The number of aromatic nitrogens is 2. The van der Waals surface area contributed by atoms with E-state index in [0.29, 0.717) is 21.6 Å². The highest BCUT2D eigenvalue weighted by Crippen LogP contribution is 2.24. The van der Waals surface area contributed by atoms with Gasteiger partial charge in [-0.25, -0.2) is 0 Å². The summed E-state index contributed by atoms with van der Waals surface area (Å²) in [6.07, 6.45) is 0. The van der Waals surface area contributed by atoms with Crippen LogP contribution in [0.15, 0.2) is 69.7 Å². The summed E-state index contributed by atoms with van der Waals surface area (Å²) in [7, 11) is 6.25. The summed E-state index contributed by atoms with van der Waals surface area (Å²) >= 11 is 6.16. The summed E-state index contributed by atoms with van der Waals surface area (Å²) < 4.78 is 2.08. The highest BCUT2D eigenvalue weighted by molar-refractivity contribution is 6.31. The lowest BCUT2D eigenvalue weighted by molar-refractivity contribution is 0.486. The zero-order chi connectivity index (χ0) is 18.9. The minimum Gasteiger partial charge on any atom is -0.298 e. The largest absolute Gasteiger partial charge is 0.298 e. The lowest BCUT2D eigenvalue weighted by Crippen LogP contribution is -2.34. The molecule has 0 bridgehead atoms. The van der Waals surface area contributed by atoms with E-state index in [1.807, 2.05) is 54.6 Å². The lowest BCUT2D eigenvalue weighted by Gasteiger charge is -2.23. The van der Waals surface area contributed by atoms with Gasteiger partial charge in [0.15, 0.2) is 0 Å². The first-order valence-corrected chi connectivity index (χ1v) is 8.56. The summed E-state index contributed by atoms with van der Waals surface area (Å²) in [5, 5.41) is 8.71. The summed E-state index contributed by atoms with van der Waals surface area (Å²) in [5.41, 5.74) is 2.68. The molecule has 7 heteroatoms. The predicted molar refractivity (Wildman–Crippen MR) is 106 cm³/mol. The number of quaternary nitrogens is 1. The molecule has 0 spiro atoms. The molecule has 0 aliphatic heterocycles. The monoisotopic (exact) mass is 370 g/mol. The number of para-hydroxylation sites is 1. The van der Waals surface area contributed by atoms with Crippen molar-refractivity contribution in [1.82, 2.24) is 14.0 Å². The van der Waals surface area contributed by atoms with Crippen molar-refractivity contribution < 1.29 is 0 Å². The Morgan fingerprint density at radius 1 is 1.00 bits per heavy atom. The third kappa shape index (κ3) is 3.47. The van der Waals surface area contributed by atoms with Crippen LogP contribution >= 0.6 is 11.6 Å². The maximum Gasteiger partial charge on any atom is 0.292 e. The summed E-state index contributed by atoms with van der Waals surface area (Å²) in [4.78, 5) is 13.9. The van der Waals surface area contributed by atoms with Crippen molar-refractivity contribution in [2.45, 2.75) is 6.92 Å². The van der Waals surface area contributed by atoms with Gasteiger partial charge in [-0.3, -0.25) is 9.28 Å². The standard InChI is InChI=1S/C19H21ClN5O/c1-14-18(20)19(26)23(16-10-6-5-7-11-16)24(14)22-21-15-9-8-12-17(13-15)25(2,3)4/h5-13H,1-4H3/q+1. The van der Waals surface area contributed by atoms with Crippen molar-refractivity contribution in [3.63, 3.8) is 0 Å². The average Bonchev–Trinajstić information content (AvgIpc) is 2.84. The van der Waals surface area contributed by atoms with E-state index in [4.69, 9.17) is 11.6 Å². The first-order chi connectivity index (χ1) is 12.3. The van der Waals surface area contributed by atoms with Gasteiger partial charge in [-0.05, 0) is 36.4 Å². The zero-order valence-corrected chi connectivity index (χ0v) is 16.0. The van der Waals surface area contributed by atoms with Crippen LogP contribution in [-0.4, -0.2) is 30.6 Å². The Labute approximate surface area is 157 Å². The number of nitrogens with zero attached hydrogens (tertiary/aromatic N) is 5. The van der Waals surface area contributed by atoms with Gasteiger partial charge in [-0.1, -0.05) is 35.9 Å². The summed E-state index contributed by atoms with van der Waals surface area (Å²) in [6.45, 7) is 1.74. The van der Waals surface area contributed by atoms with E-state index in [0.717, 1.165) is 5.69 Å². The molecule has 0 saturated heterocycles. The number of rotatable bonds is 4. The Bertz CT molecular complexity index is 1010. The topological polar surface area (TPSA) is 51.6 Å². The molecule has 0 N–H and O–H groups in total. The second-order valence-electron chi connectivity index (χ2n) is 6.86. The second-order valence-corrected chi connectivity index (χ2v) is 7.24. The highest BCUT2D eigenvalue weighted by Gasteiger charge is 2.17. The Hall–Kier alpha value is -2.70. The van der Waals surface area contributed by atoms with E-state index >= 15 is 0 Å². The minimum atomic E-state index is -0.325. The maximum absolute atomic E-state index is 12.5. The van der Waals surface area contributed by atoms with E-state index in [9.17, 15) is 4.79 Å². The van der Waals surface area contributed by atoms with Crippen molar-refractivity contribution in [3.05, 3.63) is 75.7 Å². The van der Waals surface area contributed by atoms with Crippen molar-refractivity contribution in [2.24, 2.45) is 10.3 Å². The fraction of sp³-hybridized carbons (Fsp3) is 0.211. The normalized spacial score (nSPS) is 12.0. The molecule has 0 unspecified atom stereocenters. The molecule has 0 aliphatic rings. The first-order valence-electron chi connectivity index (χ1n) is 8.18. The van der Waals surface area contributed by atoms with Crippen molar-refractivity contribution >= 4 is 23.0 Å². The Kier molecular flexibility index (Phi) is 4.80. The Morgan fingerprint density at radius 2 is 1.69 bits per heavy atom. The molecule has 0 radical (unpaired) electrons. The van der Waals surface area contributed by atoms with Gasteiger partial charge < -0.3 is 0 Å². The first kappa shape index (κ1) is 18.1.